The van der Waals surface area contributed by atoms with Crippen LogP contribution in [0.1, 0.15) is 15.9 Å². The van der Waals surface area contributed by atoms with Gasteiger partial charge in [0.05, 0.1) is 14.2 Å². The number of aliphatic carboxylic acids is 1. The van der Waals surface area contributed by atoms with Crippen LogP contribution in [0.4, 0.5) is 5.69 Å². The van der Waals surface area contributed by atoms with E-state index in [-0.39, 0.29) is 12.0 Å². The summed E-state index contributed by atoms with van der Waals surface area (Å²) in [6.07, 6.45) is 0.273. The fraction of sp³-hybridized carbons (Fsp3) is 0.222. The molecule has 0 aliphatic carbocycles. The molecule has 2 aromatic rings. The van der Waals surface area contributed by atoms with E-state index in [1.807, 2.05) is 12.1 Å². The van der Waals surface area contributed by atoms with E-state index in [9.17, 15) is 14.7 Å². The van der Waals surface area contributed by atoms with Gasteiger partial charge in [-0.15, -0.1) is 0 Å². The normalized spacial score (nSPS) is 15.8. The average molecular weight is 327 g/mol. The zero-order chi connectivity index (χ0) is 17.3. The Morgan fingerprint density at radius 1 is 1.04 bits per heavy atom. The fourth-order valence-electron chi connectivity index (χ4n) is 3.02. The molecule has 6 nitrogen and oxygen atoms in total. The van der Waals surface area contributed by atoms with Gasteiger partial charge < -0.3 is 14.6 Å². The summed E-state index contributed by atoms with van der Waals surface area (Å²) in [6.45, 7) is 0. The zero-order valence-corrected chi connectivity index (χ0v) is 13.4. The molecule has 0 spiro atoms. The number of rotatable bonds is 4. The predicted molar refractivity (Wildman–Crippen MR) is 87.9 cm³/mol. The van der Waals surface area contributed by atoms with Crippen molar-refractivity contribution in [2.24, 2.45) is 0 Å². The molecule has 1 N–H and O–H groups in total. The highest BCUT2D eigenvalue weighted by atomic mass is 16.5. The van der Waals surface area contributed by atoms with Gasteiger partial charge in [-0.2, -0.15) is 0 Å². The highest BCUT2D eigenvalue weighted by Crippen LogP contribution is 2.37. The number of hydrogen-bond acceptors (Lipinski definition) is 4. The summed E-state index contributed by atoms with van der Waals surface area (Å²) in [6, 6.07) is 11.2. The number of carbonyl (C=O) groups excluding carboxylic acids is 1. The number of anilines is 1. The van der Waals surface area contributed by atoms with Gasteiger partial charge in [0.1, 0.15) is 23.1 Å². The van der Waals surface area contributed by atoms with E-state index in [1.54, 1.807) is 30.3 Å². The van der Waals surface area contributed by atoms with Crippen LogP contribution >= 0.6 is 0 Å². The molecule has 1 heterocycles. The molecule has 0 radical (unpaired) electrons. The van der Waals surface area contributed by atoms with Crippen molar-refractivity contribution >= 4 is 17.6 Å². The molecule has 0 aromatic heterocycles. The topological polar surface area (TPSA) is 76.1 Å². The third-order valence-corrected chi connectivity index (χ3v) is 4.12. The number of fused-ring (bicyclic) bond motifs is 1. The van der Waals surface area contributed by atoms with E-state index in [2.05, 4.69) is 0 Å². The third kappa shape index (κ3) is 2.46. The van der Waals surface area contributed by atoms with Crippen LogP contribution in [0, 0.1) is 0 Å². The smallest absolute Gasteiger partial charge is 0.327 e. The molecule has 0 saturated heterocycles. The first-order chi connectivity index (χ1) is 11.6. The van der Waals surface area contributed by atoms with Crippen molar-refractivity contribution in [3.8, 4) is 11.5 Å². The van der Waals surface area contributed by atoms with Crippen LogP contribution in [0.5, 0.6) is 11.5 Å². The molecule has 6 heteroatoms. The van der Waals surface area contributed by atoms with Gasteiger partial charge in [-0.25, -0.2) is 4.79 Å². The molecule has 124 valence electrons. The number of benzene rings is 2. The summed E-state index contributed by atoms with van der Waals surface area (Å²) in [5.74, 6) is -0.823. The molecule has 1 atom stereocenters. The molecule has 0 unspecified atom stereocenters. The van der Waals surface area contributed by atoms with Crippen LogP contribution in [0.3, 0.4) is 0 Å². The van der Waals surface area contributed by atoms with Crippen LogP contribution in [0.25, 0.3) is 0 Å². The van der Waals surface area contributed by atoms with Crippen molar-refractivity contribution < 1.29 is 24.2 Å². The maximum absolute atomic E-state index is 13.2. The van der Waals surface area contributed by atoms with Crippen molar-refractivity contribution in [2.75, 3.05) is 19.1 Å². The Hall–Kier alpha value is -3.02. The van der Waals surface area contributed by atoms with Gasteiger partial charge >= 0.3 is 5.97 Å². The van der Waals surface area contributed by atoms with Crippen molar-refractivity contribution in [2.45, 2.75) is 12.5 Å². The number of nitrogens with zero attached hydrogens (tertiary/aromatic N) is 1. The van der Waals surface area contributed by atoms with E-state index in [0.29, 0.717) is 17.2 Å². The van der Waals surface area contributed by atoms with Gasteiger partial charge in [-0.05, 0) is 23.8 Å². The fourth-order valence-corrected chi connectivity index (χ4v) is 3.02. The number of carboxylic acids is 1. The number of methoxy groups -OCH3 is 2. The quantitative estimate of drug-likeness (QED) is 0.933. The molecule has 1 amide bonds. The van der Waals surface area contributed by atoms with Gasteiger partial charge in [0.25, 0.3) is 5.91 Å². The molecular weight excluding hydrogens is 310 g/mol. The molecule has 0 saturated carbocycles. The van der Waals surface area contributed by atoms with Crippen LogP contribution in [-0.2, 0) is 11.2 Å². The molecule has 1 aliphatic heterocycles. The Morgan fingerprint density at radius 3 is 2.25 bits per heavy atom. The number of hydrogen-bond donors (Lipinski definition) is 1. The maximum Gasteiger partial charge on any atom is 0.327 e. The third-order valence-electron chi connectivity index (χ3n) is 4.12. The summed E-state index contributed by atoms with van der Waals surface area (Å²) < 4.78 is 10.6. The average Bonchev–Trinajstić information content (AvgIpc) is 3.00. The van der Waals surface area contributed by atoms with Gasteiger partial charge in [-0.1, -0.05) is 24.3 Å². The zero-order valence-electron chi connectivity index (χ0n) is 13.4. The van der Waals surface area contributed by atoms with Gasteiger partial charge in [0.15, 0.2) is 0 Å². The van der Waals surface area contributed by atoms with Gasteiger partial charge in [-0.3, -0.25) is 9.69 Å². The summed E-state index contributed by atoms with van der Waals surface area (Å²) in [7, 11) is 2.91. The molecular formula is C18H17NO5. The van der Waals surface area contributed by atoms with Crippen molar-refractivity contribution in [1.82, 2.24) is 0 Å². The molecule has 3 rings (SSSR count). The van der Waals surface area contributed by atoms with Crippen LogP contribution in [0.2, 0.25) is 0 Å². The minimum Gasteiger partial charge on any atom is -0.496 e. The van der Waals surface area contributed by atoms with Crippen LogP contribution in [-0.4, -0.2) is 37.2 Å². The minimum atomic E-state index is -1.05. The predicted octanol–water partition coefficient (Wildman–Crippen LogP) is 2.36. The number of amides is 1. The lowest BCUT2D eigenvalue weighted by Gasteiger charge is -2.24. The van der Waals surface area contributed by atoms with Gasteiger partial charge in [0.2, 0.25) is 0 Å². The molecule has 24 heavy (non-hydrogen) atoms. The van der Waals surface area contributed by atoms with E-state index in [4.69, 9.17) is 9.47 Å². The van der Waals surface area contributed by atoms with E-state index in [1.165, 1.54) is 19.1 Å². The number of para-hydroxylation sites is 1. The van der Waals surface area contributed by atoms with Crippen LogP contribution < -0.4 is 14.4 Å². The minimum absolute atomic E-state index is 0.213. The second-order valence-corrected chi connectivity index (χ2v) is 5.40. The largest absolute Gasteiger partial charge is 0.496 e. The summed E-state index contributed by atoms with van der Waals surface area (Å²) >= 11 is 0. The standard InChI is InChI=1S/C18H17NO5/c1-23-14-8-5-9-15(24-2)16(14)17(20)19-12-7-4-3-6-11(12)10-13(19)18(21)22/h3-9,13H,10H2,1-2H3,(H,21,22)/t13-/m1/s1. The highest BCUT2D eigenvalue weighted by Gasteiger charge is 2.40. The monoisotopic (exact) mass is 327 g/mol. The van der Waals surface area contributed by atoms with Crippen LogP contribution in [0.15, 0.2) is 42.5 Å². The Labute approximate surface area is 139 Å². The number of carboxylic acid groups (broad SMARTS) is 1. The molecule has 0 fully saturated rings. The van der Waals surface area contributed by atoms with E-state index < -0.39 is 17.9 Å². The van der Waals surface area contributed by atoms with Crippen molar-refractivity contribution in [3.05, 3.63) is 53.6 Å². The van der Waals surface area contributed by atoms with Gasteiger partial charge in [0, 0.05) is 12.1 Å². The SMILES string of the molecule is COc1cccc(OC)c1C(=O)N1c2ccccc2C[C@@H]1C(=O)O. The lowest BCUT2D eigenvalue weighted by molar-refractivity contribution is -0.138. The Bertz CT molecular complexity index is 779. The molecule has 1 aliphatic rings. The number of ether oxygens (including phenoxy) is 2. The Morgan fingerprint density at radius 2 is 1.67 bits per heavy atom. The Balaban J connectivity index is 2.14. The van der Waals surface area contributed by atoms with Crippen molar-refractivity contribution in [3.63, 3.8) is 0 Å². The number of carbonyl (C=O) groups is 2. The second kappa shape index (κ2) is 6.23. The van der Waals surface area contributed by atoms with E-state index in [0.717, 1.165) is 5.56 Å². The highest BCUT2D eigenvalue weighted by molar-refractivity contribution is 6.13. The molecule has 0 bridgehead atoms. The second-order valence-electron chi connectivity index (χ2n) is 5.40. The maximum atomic E-state index is 13.2. The lowest BCUT2D eigenvalue weighted by Crippen LogP contribution is -2.43. The first kappa shape index (κ1) is 15.9. The van der Waals surface area contributed by atoms with Crippen molar-refractivity contribution in [1.29, 1.82) is 0 Å². The van der Waals surface area contributed by atoms with E-state index >= 15 is 0 Å². The first-order valence-electron chi connectivity index (χ1n) is 7.43. The molecule has 2 aromatic carbocycles. The summed E-state index contributed by atoms with van der Waals surface area (Å²) in [5, 5.41) is 9.55. The summed E-state index contributed by atoms with van der Waals surface area (Å²) in [4.78, 5) is 26.2. The first-order valence-corrected chi connectivity index (χ1v) is 7.43. The lowest BCUT2D eigenvalue weighted by atomic mass is 10.1. The summed E-state index contributed by atoms with van der Waals surface area (Å²) in [5.41, 5.74) is 1.64. The Kier molecular flexibility index (Phi) is 4.12.